The van der Waals surface area contributed by atoms with Gasteiger partial charge in [0, 0.05) is 37.3 Å². The fourth-order valence-electron chi connectivity index (χ4n) is 5.78. The number of fused-ring (bicyclic) bond motifs is 6. The Morgan fingerprint density at radius 3 is 2.00 bits per heavy atom. The average Bonchev–Trinajstić information content (AvgIpc) is 3.45. The first-order valence-corrected chi connectivity index (χ1v) is 14.1. The van der Waals surface area contributed by atoms with Crippen LogP contribution in [0.15, 0.2) is 114 Å². The SMILES string of the molecule is CC(C)(C)OC(=O)n1c2ccc(-n3c4ccccc4c4ccccc43)cc2c2cccc(-c3cccc(Br)c3)c21. The van der Waals surface area contributed by atoms with E-state index in [4.69, 9.17) is 4.74 Å². The molecule has 0 atom stereocenters. The molecule has 7 aromatic rings. The van der Waals surface area contributed by atoms with Gasteiger partial charge in [-0.25, -0.2) is 9.36 Å². The largest absolute Gasteiger partial charge is 0.443 e. The second-order valence-corrected chi connectivity index (χ2v) is 12.0. The van der Waals surface area contributed by atoms with Crippen LogP contribution < -0.4 is 0 Å². The van der Waals surface area contributed by atoms with Crippen LogP contribution >= 0.6 is 15.9 Å². The molecule has 0 aliphatic carbocycles. The molecule has 4 nitrogen and oxygen atoms in total. The van der Waals surface area contributed by atoms with E-state index >= 15 is 0 Å². The highest BCUT2D eigenvalue weighted by Crippen LogP contribution is 2.39. The Labute approximate surface area is 240 Å². The zero-order valence-corrected chi connectivity index (χ0v) is 24.1. The fourth-order valence-corrected chi connectivity index (χ4v) is 6.18. The Kier molecular flexibility index (Phi) is 5.62. The number of nitrogens with zero attached hydrogens (tertiary/aromatic N) is 2. The summed E-state index contributed by atoms with van der Waals surface area (Å²) in [7, 11) is 0. The maximum atomic E-state index is 13.8. The van der Waals surface area contributed by atoms with Gasteiger partial charge in [0.1, 0.15) is 5.60 Å². The van der Waals surface area contributed by atoms with Crippen molar-refractivity contribution < 1.29 is 9.53 Å². The van der Waals surface area contributed by atoms with Crippen LogP contribution in [-0.2, 0) is 4.74 Å². The Morgan fingerprint density at radius 1 is 0.675 bits per heavy atom. The molecule has 2 heterocycles. The number of carbonyl (C=O) groups is 1. The Morgan fingerprint density at radius 2 is 1.32 bits per heavy atom. The monoisotopic (exact) mass is 586 g/mol. The van der Waals surface area contributed by atoms with Crippen molar-refractivity contribution in [3.63, 3.8) is 0 Å². The van der Waals surface area contributed by atoms with E-state index in [1.807, 2.05) is 39.0 Å². The first-order valence-electron chi connectivity index (χ1n) is 13.4. The van der Waals surface area contributed by atoms with Crippen LogP contribution in [0.1, 0.15) is 20.8 Å². The van der Waals surface area contributed by atoms with E-state index in [1.54, 1.807) is 4.57 Å². The molecule has 0 aliphatic heterocycles. The van der Waals surface area contributed by atoms with Crippen LogP contribution in [0.3, 0.4) is 0 Å². The lowest BCUT2D eigenvalue weighted by Gasteiger charge is -2.21. The molecule has 0 N–H and O–H groups in total. The molecule has 5 heteroatoms. The van der Waals surface area contributed by atoms with Crippen molar-refractivity contribution in [3.8, 4) is 16.8 Å². The zero-order valence-electron chi connectivity index (χ0n) is 22.5. The maximum Gasteiger partial charge on any atom is 0.419 e. The van der Waals surface area contributed by atoms with Crippen molar-refractivity contribution in [1.29, 1.82) is 0 Å². The van der Waals surface area contributed by atoms with Gasteiger partial charge in [0.25, 0.3) is 0 Å². The number of hydrogen-bond acceptors (Lipinski definition) is 2. The highest BCUT2D eigenvalue weighted by atomic mass is 79.9. The molecular formula is C35H27BrN2O2. The highest BCUT2D eigenvalue weighted by Gasteiger charge is 2.25. The van der Waals surface area contributed by atoms with Gasteiger partial charge in [-0.3, -0.25) is 0 Å². The van der Waals surface area contributed by atoms with E-state index in [0.29, 0.717) is 0 Å². The summed E-state index contributed by atoms with van der Waals surface area (Å²) in [5, 5.41) is 4.43. The van der Waals surface area contributed by atoms with Crippen molar-refractivity contribution in [3.05, 3.63) is 114 Å². The van der Waals surface area contributed by atoms with Gasteiger partial charge >= 0.3 is 6.09 Å². The fraction of sp³-hybridized carbons (Fsp3) is 0.114. The van der Waals surface area contributed by atoms with Crippen LogP contribution in [0.5, 0.6) is 0 Å². The number of rotatable bonds is 2. The van der Waals surface area contributed by atoms with Crippen LogP contribution in [0, 0.1) is 0 Å². The molecule has 7 rings (SSSR count). The lowest BCUT2D eigenvalue weighted by molar-refractivity contribution is 0.0551. The molecular weight excluding hydrogens is 560 g/mol. The summed E-state index contributed by atoms with van der Waals surface area (Å²) in [5.41, 5.74) is 6.35. The lowest BCUT2D eigenvalue weighted by atomic mass is 10.0. The van der Waals surface area contributed by atoms with Crippen LogP contribution in [0.4, 0.5) is 4.79 Å². The first-order chi connectivity index (χ1) is 19.3. The topological polar surface area (TPSA) is 36.2 Å². The number of halogens is 1. The summed E-state index contributed by atoms with van der Waals surface area (Å²) in [6, 6.07) is 37.7. The summed E-state index contributed by atoms with van der Waals surface area (Å²) < 4.78 is 11.0. The molecule has 0 amide bonds. The van der Waals surface area contributed by atoms with Gasteiger partial charge in [-0.1, -0.05) is 82.7 Å². The number of aromatic nitrogens is 2. The van der Waals surface area contributed by atoms with Crippen LogP contribution in [-0.4, -0.2) is 20.8 Å². The van der Waals surface area contributed by atoms with Crippen molar-refractivity contribution in [1.82, 2.24) is 9.13 Å². The van der Waals surface area contributed by atoms with Gasteiger partial charge in [-0.05, 0) is 68.8 Å². The predicted molar refractivity (Wildman–Crippen MR) is 169 cm³/mol. The van der Waals surface area contributed by atoms with E-state index in [-0.39, 0.29) is 6.09 Å². The van der Waals surface area contributed by atoms with Gasteiger partial charge < -0.3 is 9.30 Å². The quantitative estimate of drug-likeness (QED) is 0.202. The van der Waals surface area contributed by atoms with Gasteiger partial charge in [0.2, 0.25) is 0 Å². The van der Waals surface area contributed by atoms with Crippen LogP contribution in [0.2, 0.25) is 0 Å². The molecule has 0 fully saturated rings. The number of benzene rings is 5. The van der Waals surface area contributed by atoms with Crippen molar-refractivity contribution in [2.75, 3.05) is 0 Å². The summed E-state index contributed by atoms with van der Waals surface area (Å²) in [6.07, 6.45) is -0.389. The van der Waals surface area contributed by atoms with E-state index in [2.05, 4.69) is 111 Å². The smallest absolute Gasteiger partial charge is 0.419 e. The number of carbonyl (C=O) groups excluding carboxylic acids is 1. The normalized spacial score (nSPS) is 12.1. The predicted octanol–water partition coefficient (Wildman–Crippen LogP) is 10.1. The van der Waals surface area contributed by atoms with E-state index in [1.165, 1.54) is 10.8 Å². The third-order valence-electron chi connectivity index (χ3n) is 7.32. The zero-order chi connectivity index (χ0) is 27.6. The van der Waals surface area contributed by atoms with E-state index < -0.39 is 5.60 Å². The molecule has 196 valence electrons. The molecule has 0 saturated heterocycles. The van der Waals surface area contributed by atoms with Gasteiger partial charge in [0.15, 0.2) is 0 Å². The summed E-state index contributed by atoms with van der Waals surface area (Å²) in [4.78, 5) is 13.8. The van der Waals surface area contributed by atoms with E-state index in [0.717, 1.165) is 54.1 Å². The maximum absolute atomic E-state index is 13.8. The Hall–Kier alpha value is -4.35. The van der Waals surface area contributed by atoms with E-state index in [9.17, 15) is 4.79 Å². The third-order valence-corrected chi connectivity index (χ3v) is 7.81. The minimum Gasteiger partial charge on any atom is -0.443 e. The third kappa shape index (κ3) is 3.92. The first kappa shape index (κ1) is 24.7. The number of ether oxygens (including phenoxy) is 1. The lowest BCUT2D eigenvalue weighted by Crippen LogP contribution is -2.27. The molecule has 5 aromatic carbocycles. The molecule has 0 saturated carbocycles. The molecule has 0 aliphatic rings. The molecule has 0 bridgehead atoms. The Balaban J connectivity index is 1.56. The van der Waals surface area contributed by atoms with Crippen molar-refractivity contribution in [2.45, 2.75) is 26.4 Å². The summed E-state index contributed by atoms with van der Waals surface area (Å²) in [5.74, 6) is 0. The van der Waals surface area contributed by atoms with Crippen LogP contribution in [0.25, 0.3) is 60.4 Å². The minimum absolute atomic E-state index is 0.389. The standard InChI is InChI=1S/C35H27BrN2O2/c1-35(2,3)40-34(39)38-32-19-18-24(37-30-16-6-4-12-26(30)27-13-5-7-17-31(27)37)21-29(32)28-15-9-14-25(33(28)38)22-10-8-11-23(36)20-22/h4-21H,1-3H3. The average molecular weight is 588 g/mol. The molecule has 0 radical (unpaired) electrons. The summed E-state index contributed by atoms with van der Waals surface area (Å²) >= 11 is 3.62. The van der Waals surface area contributed by atoms with Gasteiger partial charge in [0.05, 0.1) is 22.1 Å². The minimum atomic E-state index is -0.631. The Bertz CT molecular complexity index is 2060. The van der Waals surface area contributed by atoms with Crippen molar-refractivity contribution >= 4 is 65.6 Å². The highest BCUT2D eigenvalue weighted by molar-refractivity contribution is 9.10. The number of para-hydroxylation sites is 3. The molecule has 2 aromatic heterocycles. The van der Waals surface area contributed by atoms with Gasteiger partial charge in [-0.2, -0.15) is 0 Å². The summed E-state index contributed by atoms with van der Waals surface area (Å²) in [6.45, 7) is 5.69. The second kappa shape index (κ2) is 9.10. The number of hydrogen-bond donors (Lipinski definition) is 0. The molecule has 0 unspecified atom stereocenters. The second-order valence-electron chi connectivity index (χ2n) is 11.1. The molecule has 40 heavy (non-hydrogen) atoms. The van der Waals surface area contributed by atoms with Crippen molar-refractivity contribution in [2.24, 2.45) is 0 Å². The molecule has 0 spiro atoms. The van der Waals surface area contributed by atoms with Gasteiger partial charge in [-0.15, -0.1) is 0 Å².